The number of halogens is 3. The number of aryl methyl sites for hydroxylation is 2. The van der Waals surface area contributed by atoms with E-state index in [2.05, 4.69) is 72.2 Å². The molecule has 0 aliphatic carbocycles. The second kappa shape index (κ2) is 7.93. The first-order valence-corrected chi connectivity index (χ1v) is 6.46. The average molecular weight is 470 g/mol. The summed E-state index contributed by atoms with van der Waals surface area (Å²) >= 11 is 3.64. The van der Waals surface area contributed by atoms with Crippen molar-refractivity contribution in [2.24, 2.45) is 0 Å². The zero-order valence-corrected chi connectivity index (χ0v) is 17.6. The molecule has 3 rings (SSSR count). The molecular weight excluding hydrogens is 458 g/mol. The fourth-order valence-electron chi connectivity index (χ4n) is 2.48. The molecule has 3 aromatic rings. The van der Waals surface area contributed by atoms with Gasteiger partial charge in [0.05, 0.1) is 0 Å². The van der Waals surface area contributed by atoms with E-state index in [0.29, 0.717) is 0 Å². The van der Waals surface area contributed by atoms with Gasteiger partial charge >= 0.3 is 0 Å². The minimum atomic E-state index is 0. The maximum atomic E-state index is 3.64. The zero-order chi connectivity index (χ0) is 12.0. The first-order chi connectivity index (χ1) is 8.16. The van der Waals surface area contributed by atoms with Gasteiger partial charge in [0.1, 0.15) is 0 Å². The van der Waals surface area contributed by atoms with E-state index in [9.17, 15) is 0 Å². The van der Waals surface area contributed by atoms with Gasteiger partial charge in [-0.3, -0.25) is 0 Å². The third kappa shape index (κ3) is 3.47. The summed E-state index contributed by atoms with van der Waals surface area (Å²) in [6.45, 7) is 4.30. The summed E-state index contributed by atoms with van der Waals surface area (Å²) in [6.07, 6.45) is 0. The second-order valence-electron chi connectivity index (χ2n) is 4.49. The fraction of sp³-hybridized carbons (Fsp3) is 0.125. The SMILES string of the molecule is Cc1cc(C)c2c(Br)[c]c3ccccc3c2c1.[Cl-].[Cl-].[In]. The van der Waals surface area contributed by atoms with E-state index in [1.54, 1.807) is 0 Å². The number of benzene rings is 3. The van der Waals surface area contributed by atoms with Gasteiger partial charge in [-0.1, -0.05) is 42.0 Å². The molecule has 0 heterocycles. The molecular formula is C16H12BrCl2In-2. The minimum absolute atomic E-state index is 0. The van der Waals surface area contributed by atoms with Crippen molar-refractivity contribution in [1.29, 1.82) is 0 Å². The monoisotopic (exact) mass is 468 g/mol. The van der Waals surface area contributed by atoms with Gasteiger partial charge in [0.25, 0.3) is 0 Å². The van der Waals surface area contributed by atoms with Gasteiger partial charge in [-0.05, 0) is 51.5 Å². The quantitative estimate of drug-likeness (QED) is 0.363. The minimum Gasteiger partial charge on any atom is -1.00 e. The smallest absolute Gasteiger partial charge is 0.0341 e. The predicted molar refractivity (Wildman–Crippen MR) is 83.2 cm³/mol. The van der Waals surface area contributed by atoms with E-state index in [1.807, 2.05) is 0 Å². The van der Waals surface area contributed by atoms with Gasteiger partial charge in [0.15, 0.2) is 0 Å². The molecule has 0 spiro atoms. The maximum absolute atomic E-state index is 3.64. The first-order valence-electron chi connectivity index (χ1n) is 5.67. The van der Waals surface area contributed by atoms with Crippen LogP contribution < -0.4 is 24.8 Å². The molecule has 0 atom stereocenters. The molecule has 20 heavy (non-hydrogen) atoms. The Morgan fingerprint density at radius 2 is 1.60 bits per heavy atom. The Kier molecular flexibility index (Phi) is 7.98. The molecule has 4 heteroatoms. The molecule has 0 N–H and O–H groups in total. The fourth-order valence-corrected chi connectivity index (χ4v) is 3.22. The summed E-state index contributed by atoms with van der Waals surface area (Å²) in [5, 5.41) is 5.02. The van der Waals surface area contributed by atoms with E-state index in [-0.39, 0.29) is 50.7 Å². The summed E-state index contributed by atoms with van der Waals surface area (Å²) in [7, 11) is 0. The van der Waals surface area contributed by atoms with Crippen molar-refractivity contribution < 1.29 is 24.8 Å². The molecule has 0 bridgehead atoms. The van der Waals surface area contributed by atoms with Gasteiger partial charge < -0.3 is 24.8 Å². The van der Waals surface area contributed by atoms with Crippen LogP contribution in [0.5, 0.6) is 0 Å². The molecule has 0 aliphatic rings. The number of hydrogen-bond donors (Lipinski definition) is 0. The van der Waals surface area contributed by atoms with Crippen molar-refractivity contribution in [3.05, 3.63) is 58.1 Å². The van der Waals surface area contributed by atoms with Crippen LogP contribution in [0.2, 0.25) is 0 Å². The Balaban J connectivity index is 0.00000120. The van der Waals surface area contributed by atoms with Crippen molar-refractivity contribution in [2.45, 2.75) is 13.8 Å². The Bertz CT molecular complexity index is 741. The average Bonchev–Trinajstić information content (AvgIpc) is 2.28. The van der Waals surface area contributed by atoms with Crippen LogP contribution in [0.3, 0.4) is 0 Å². The molecule has 3 aromatic carbocycles. The molecule has 102 valence electrons. The number of fused-ring (bicyclic) bond motifs is 3. The Morgan fingerprint density at radius 1 is 0.950 bits per heavy atom. The van der Waals surface area contributed by atoms with Crippen LogP contribution in [0.15, 0.2) is 40.9 Å². The van der Waals surface area contributed by atoms with Crippen molar-refractivity contribution >= 4 is 63.3 Å². The van der Waals surface area contributed by atoms with E-state index in [0.717, 1.165) is 9.86 Å². The molecule has 0 aromatic heterocycles. The van der Waals surface area contributed by atoms with Gasteiger partial charge in [0.2, 0.25) is 0 Å². The Morgan fingerprint density at radius 3 is 2.30 bits per heavy atom. The third-order valence-corrected chi connectivity index (χ3v) is 3.76. The summed E-state index contributed by atoms with van der Waals surface area (Å²) in [5.74, 6) is 0. The van der Waals surface area contributed by atoms with Gasteiger partial charge in [-0.2, -0.15) is 0 Å². The normalized spacial score (nSPS) is 9.55. The van der Waals surface area contributed by atoms with E-state index < -0.39 is 0 Å². The van der Waals surface area contributed by atoms with Crippen LogP contribution in [-0.4, -0.2) is 25.8 Å². The summed E-state index contributed by atoms with van der Waals surface area (Å²) in [6, 6.07) is 16.3. The molecule has 4 radical (unpaired) electrons. The number of hydrogen-bond acceptors (Lipinski definition) is 0. The van der Waals surface area contributed by atoms with Gasteiger partial charge in [0, 0.05) is 41.8 Å². The van der Waals surface area contributed by atoms with Crippen molar-refractivity contribution in [2.75, 3.05) is 0 Å². The van der Waals surface area contributed by atoms with Crippen molar-refractivity contribution in [1.82, 2.24) is 0 Å². The predicted octanol–water partition coefficient (Wildman–Crippen LogP) is -1.20. The summed E-state index contributed by atoms with van der Waals surface area (Å²) in [5.41, 5.74) is 2.60. The maximum Gasteiger partial charge on any atom is 0.0341 e. The zero-order valence-electron chi connectivity index (χ0n) is 11.2. The second-order valence-corrected chi connectivity index (χ2v) is 5.28. The molecule has 0 amide bonds. The van der Waals surface area contributed by atoms with Gasteiger partial charge in [-0.15, -0.1) is 0 Å². The molecule has 0 unspecified atom stereocenters. The standard InChI is InChI=1S/C16H12Br.2ClH.In/c1-10-7-11(2)16-14(8-10)13-6-4-3-5-12(13)9-15(16)17;;;/h3-8H,1-2H3;2*1H;/p-2. The van der Waals surface area contributed by atoms with Crippen LogP contribution in [0.1, 0.15) is 11.1 Å². The summed E-state index contributed by atoms with van der Waals surface area (Å²) < 4.78 is 1.06. The van der Waals surface area contributed by atoms with Crippen LogP contribution in [0, 0.1) is 19.9 Å². The van der Waals surface area contributed by atoms with Crippen LogP contribution in [0.25, 0.3) is 21.5 Å². The Hall–Kier alpha value is 0.110. The molecule has 0 fully saturated rings. The molecule has 0 nitrogen and oxygen atoms in total. The first kappa shape index (κ1) is 20.1. The Labute approximate surface area is 159 Å². The molecule has 0 saturated heterocycles. The molecule has 0 aliphatic heterocycles. The summed E-state index contributed by atoms with van der Waals surface area (Å²) in [4.78, 5) is 0. The molecule has 0 saturated carbocycles. The van der Waals surface area contributed by atoms with Crippen molar-refractivity contribution in [3.63, 3.8) is 0 Å². The van der Waals surface area contributed by atoms with Crippen LogP contribution in [0.4, 0.5) is 0 Å². The van der Waals surface area contributed by atoms with Crippen LogP contribution >= 0.6 is 15.9 Å². The number of rotatable bonds is 0. The topological polar surface area (TPSA) is 0 Å². The van der Waals surface area contributed by atoms with E-state index >= 15 is 0 Å². The van der Waals surface area contributed by atoms with Crippen LogP contribution in [-0.2, 0) is 0 Å². The van der Waals surface area contributed by atoms with E-state index in [4.69, 9.17) is 0 Å². The largest absolute Gasteiger partial charge is 1.00 e. The van der Waals surface area contributed by atoms with E-state index in [1.165, 1.54) is 27.3 Å². The van der Waals surface area contributed by atoms with Gasteiger partial charge in [-0.25, -0.2) is 0 Å². The third-order valence-electron chi connectivity index (χ3n) is 3.16. The van der Waals surface area contributed by atoms with Crippen molar-refractivity contribution in [3.8, 4) is 0 Å².